The summed E-state index contributed by atoms with van der Waals surface area (Å²) in [5.41, 5.74) is 4.12. The maximum absolute atomic E-state index is 13.0. The number of rotatable bonds is 4. The van der Waals surface area contributed by atoms with Gasteiger partial charge in [-0.1, -0.05) is 19.1 Å². The molecule has 0 radical (unpaired) electrons. The van der Waals surface area contributed by atoms with E-state index in [0.29, 0.717) is 18.9 Å². The highest BCUT2D eigenvalue weighted by Gasteiger charge is 2.43. The number of hydrogen-bond donors (Lipinski definition) is 2. The molecule has 0 aromatic heterocycles. The average molecular weight is 376 g/mol. The van der Waals surface area contributed by atoms with Gasteiger partial charge in [-0.2, -0.15) is 0 Å². The molecule has 1 aromatic carbocycles. The van der Waals surface area contributed by atoms with Crippen LogP contribution < -0.4 is 0 Å². The maximum atomic E-state index is 13.0. The Morgan fingerprint density at radius 3 is 2.59 bits per heavy atom. The standard InChI is InChI=1S/C21H29FN2O3/c1-13-4-19-18-7-17(12-26)16(11-25)6-15(18)2-3-23(19)10-20(13)24-9-14(8-22)5-21(24)27/h6-7,13-14,19-20,25-26H,2-5,8-12H2,1H3/t13-,14+,19-,20-/m0/s1. The lowest BCUT2D eigenvalue weighted by molar-refractivity contribution is -0.132. The average Bonchev–Trinajstić information content (AvgIpc) is 3.06. The normalized spacial score (nSPS) is 31.1. The van der Waals surface area contributed by atoms with Crippen LogP contribution in [0, 0.1) is 11.8 Å². The third kappa shape index (κ3) is 3.28. The molecule has 0 aliphatic carbocycles. The van der Waals surface area contributed by atoms with Crippen LogP contribution >= 0.6 is 0 Å². The van der Waals surface area contributed by atoms with Crippen LogP contribution in [0.15, 0.2) is 12.1 Å². The van der Waals surface area contributed by atoms with Crippen LogP contribution in [0.3, 0.4) is 0 Å². The van der Waals surface area contributed by atoms with Crippen molar-refractivity contribution in [3.63, 3.8) is 0 Å². The molecule has 2 N–H and O–H groups in total. The Morgan fingerprint density at radius 2 is 1.93 bits per heavy atom. The molecular weight excluding hydrogens is 347 g/mol. The van der Waals surface area contributed by atoms with Crippen molar-refractivity contribution in [3.8, 4) is 0 Å². The topological polar surface area (TPSA) is 64.0 Å². The molecule has 0 bridgehead atoms. The Bertz CT molecular complexity index is 726. The van der Waals surface area contributed by atoms with Gasteiger partial charge in [0.15, 0.2) is 0 Å². The molecule has 4 rings (SSSR count). The molecule has 148 valence electrons. The van der Waals surface area contributed by atoms with Crippen molar-refractivity contribution in [2.75, 3.05) is 26.3 Å². The van der Waals surface area contributed by atoms with Gasteiger partial charge in [0.05, 0.1) is 19.9 Å². The number of carbonyl (C=O) groups excluding carboxylic acids is 1. The van der Waals surface area contributed by atoms with Crippen LogP contribution in [0.4, 0.5) is 4.39 Å². The first kappa shape index (κ1) is 18.8. The molecule has 0 unspecified atom stereocenters. The molecule has 1 aromatic rings. The van der Waals surface area contributed by atoms with Crippen LogP contribution in [-0.2, 0) is 24.4 Å². The third-order valence-corrected chi connectivity index (χ3v) is 6.80. The summed E-state index contributed by atoms with van der Waals surface area (Å²) in [5, 5.41) is 19.2. The number of aliphatic hydroxyl groups excluding tert-OH is 2. The van der Waals surface area contributed by atoms with E-state index in [-0.39, 0.29) is 37.1 Å². The number of halogens is 1. The molecule has 3 aliphatic rings. The van der Waals surface area contributed by atoms with Crippen LogP contribution in [0.2, 0.25) is 0 Å². The van der Waals surface area contributed by atoms with Gasteiger partial charge in [-0.3, -0.25) is 14.1 Å². The van der Waals surface area contributed by atoms with Crippen LogP contribution in [-0.4, -0.2) is 58.3 Å². The van der Waals surface area contributed by atoms with Crippen molar-refractivity contribution in [2.45, 2.75) is 51.5 Å². The van der Waals surface area contributed by atoms with Gasteiger partial charge in [0.2, 0.25) is 5.91 Å². The second-order valence-electron chi connectivity index (χ2n) is 8.45. The summed E-state index contributed by atoms with van der Waals surface area (Å²) in [6.45, 7) is 3.96. The van der Waals surface area contributed by atoms with Crippen molar-refractivity contribution in [1.29, 1.82) is 0 Å². The van der Waals surface area contributed by atoms with Crippen LogP contribution in [0.25, 0.3) is 0 Å². The number of nitrogens with zero attached hydrogens (tertiary/aromatic N) is 2. The van der Waals surface area contributed by atoms with Gasteiger partial charge in [0, 0.05) is 44.1 Å². The predicted molar refractivity (Wildman–Crippen MR) is 99.7 cm³/mol. The predicted octanol–water partition coefficient (Wildman–Crippen LogP) is 1.80. The zero-order valence-electron chi connectivity index (χ0n) is 15.9. The minimum Gasteiger partial charge on any atom is -0.392 e. The molecule has 0 saturated carbocycles. The number of fused-ring (bicyclic) bond motifs is 3. The number of piperidine rings is 1. The van der Waals surface area contributed by atoms with E-state index in [9.17, 15) is 19.4 Å². The van der Waals surface area contributed by atoms with E-state index < -0.39 is 6.67 Å². The van der Waals surface area contributed by atoms with E-state index in [2.05, 4.69) is 17.9 Å². The van der Waals surface area contributed by atoms with Gasteiger partial charge in [0.1, 0.15) is 0 Å². The largest absolute Gasteiger partial charge is 0.392 e. The highest BCUT2D eigenvalue weighted by atomic mass is 19.1. The van der Waals surface area contributed by atoms with Crippen molar-refractivity contribution < 1.29 is 19.4 Å². The van der Waals surface area contributed by atoms with Crippen molar-refractivity contribution >= 4 is 5.91 Å². The van der Waals surface area contributed by atoms with Gasteiger partial charge in [-0.25, -0.2) is 0 Å². The minimum atomic E-state index is -0.416. The molecule has 6 heteroatoms. The minimum absolute atomic E-state index is 0.0527. The fourth-order valence-corrected chi connectivity index (χ4v) is 5.26. The molecule has 3 aliphatic heterocycles. The number of amides is 1. The van der Waals surface area contributed by atoms with Crippen molar-refractivity contribution in [3.05, 3.63) is 34.4 Å². The summed E-state index contributed by atoms with van der Waals surface area (Å²) in [4.78, 5) is 16.8. The summed E-state index contributed by atoms with van der Waals surface area (Å²) in [6.07, 6.45) is 2.20. The van der Waals surface area contributed by atoms with Crippen LogP contribution in [0.1, 0.15) is 48.1 Å². The molecule has 3 heterocycles. The SMILES string of the molecule is C[C@H]1C[C@H]2c3cc(CO)c(CO)cc3CCN2C[C@@H]1N1C[C@@H](CF)CC1=O. The van der Waals surface area contributed by atoms with Gasteiger partial charge in [-0.15, -0.1) is 0 Å². The first-order valence-electron chi connectivity index (χ1n) is 10.0. The second kappa shape index (κ2) is 7.49. The number of likely N-dealkylation sites (tertiary alicyclic amines) is 1. The Hall–Kier alpha value is -1.50. The Kier molecular flexibility index (Phi) is 5.23. The summed E-state index contributed by atoms with van der Waals surface area (Å²) in [6, 6.07) is 4.55. The smallest absolute Gasteiger partial charge is 0.223 e. The highest BCUT2D eigenvalue weighted by molar-refractivity contribution is 5.79. The maximum Gasteiger partial charge on any atom is 0.223 e. The number of carbonyl (C=O) groups is 1. The molecule has 27 heavy (non-hydrogen) atoms. The van der Waals surface area contributed by atoms with Crippen molar-refractivity contribution in [2.24, 2.45) is 11.8 Å². The first-order chi connectivity index (χ1) is 13.0. The number of hydrogen-bond acceptors (Lipinski definition) is 4. The van der Waals surface area contributed by atoms with Crippen molar-refractivity contribution in [1.82, 2.24) is 9.80 Å². The van der Waals surface area contributed by atoms with E-state index in [0.717, 1.165) is 37.1 Å². The Morgan fingerprint density at radius 1 is 1.19 bits per heavy atom. The first-order valence-corrected chi connectivity index (χ1v) is 10.0. The van der Waals surface area contributed by atoms with Gasteiger partial charge >= 0.3 is 0 Å². The third-order valence-electron chi connectivity index (χ3n) is 6.80. The zero-order valence-corrected chi connectivity index (χ0v) is 15.9. The fourth-order valence-electron chi connectivity index (χ4n) is 5.26. The number of aliphatic hydroxyl groups is 2. The fraction of sp³-hybridized carbons (Fsp3) is 0.667. The monoisotopic (exact) mass is 376 g/mol. The van der Waals surface area contributed by atoms with Gasteiger partial charge in [-0.05, 0) is 41.0 Å². The summed E-state index contributed by atoms with van der Waals surface area (Å²) in [5.74, 6) is 0.295. The summed E-state index contributed by atoms with van der Waals surface area (Å²) in [7, 11) is 0. The van der Waals surface area contributed by atoms with Crippen LogP contribution in [0.5, 0.6) is 0 Å². The molecule has 0 spiro atoms. The molecule has 1 amide bonds. The van der Waals surface area contributed by atoms with E-state index >= 15 is 0 Å². The zero-order chi connectivity index (χ0) is 19.1. The van der Waals surface area contributed by atoms with Gasteiger partial charge in [0.25, 0.3) is 0 Å². The molecule has 5 nitrogen and oxygen atoms in total. The van der Waals surface area contributed by atoms with E-state index in [1.54, 1.807) is 0 Å². The Labute approximate surface area is 159 Å². The summed E-state index contributed by atoms with van der Waals surface area (Å²) < 4.78 is 13.0. The van der Waals surface area contributed by atoms with E-state index in [1.807, 2.05) is 11.0 Å². The van der Waals surface area contributed by atoms with E-state index in [4.69, 9.17) is 0 Å². The lowest BCUT2D eigenvalue weighted by Crippen LogP contribution is -2.55. The number of benzene rings is 1. The Balaban J connectivity index is 1.57. The molecule has 4 atom stereocenters. The summed E-state index contributed by atoms with van der Waals surface area (Å²) >= 11 is 0. The lowest BCUT2D eigenvalue weighted by atomic mass is 9.79. The quantitative estimate of drug-likeness (QED) is 0.841. The molecule has 2 saturated heterocycles. The second-order valence-corrected chi connectivity index (χ2v) is 8.45. The molecular formula is C21H29FN2O3. The van der Waals surface area contributed by atoms with E-state index in [1.165, 1.54) is 11.1 Å². The van der Waals surface area contributed by atoms with Gasteiger partial charge < -0.3 is 15.1 Å². The highest BCUT2D eigenvalue weighted by Crippen LogP contribution is 2.42. The number of alkyl halides is 1. The lowest BCUT2D eigenvalue weighted by Gasteiger charge is -2.49. The molecule has 2 fully saturated rings.